The number of hydrogen-bond donors (Lipinski definition) is 1. The number of nitrogens with one attached hydrogen (secondary N) is 1. The van der Waals surface area contributed by atoms with E-state index in [0.29, 0.717) is 0 Å². The lowest BCUT2D eigenvalue weighted by molar-refractivity contribution is 0.122. The number of thioether (sulfide) groups is 1. The number of aromatic nitrogens is 3. The highest BCUT2D eigenvalue weighted by molar-refractivity contribution is 7.98. The molecular weight excluding hydrogens is 408 g/mol. The van der Waals surface area contributed by atoms with Crippen molar-refractivity contribution in [3.63, 3.8) is 0 Å². The molecule has 0 atom stereocenters. The van der Waals surface area contributed by atoms with Crippen LogP contribution in [0.4, 0.5) is 5.82 Å². The van der Waals surface area contributed by atoms with Crippen LogP contribution in [0.15, 0.2) is 65.7 Å². The number of anilines is 1. The summed E-state index contributed by atoms with van der Waals surface area (Å²) in [6.45, 7) is 3.14. The lowest BCUT2D eigenvalue weighted by Gasteiger charge is -2.28. The molecule has 1 fully saturated rings. The van der Waals surface area contributed by atoms with Crippen LogP contribution >= 0.6 is 11.8 Å². The molecule has 0 bridgehead atoms. The Hall–Kier alpha value is -3.03. The maximum absolute atomic E-state index is 5.53. The van der Waals surface area contributed by atoms with Crippen LogP contribution in [0.2, 0.25) is 0 Å². The van der Waals surface area contributed by atoms with Gasteiger partial charge in [0.05, 0.1) is 26.0 Å². The highest BCUT2D eigenvalue weighted by Gasteiger charge is 2.16. The summed E-state index contributed by atoms with van der Waals surface area (Å²) < 4.78 is 10.8. The minimum Gasteiger partial charge on any atom is -0.497 e. The summed E-state index contributed by atoms with van der Waals surface area (Å²) >= 11 is 1.76. The molecule has 1 saturated heterocycles. The van der Waals surface area contributed by atoms with Crippen LogP contribution in [-0.2, 0) is 10.5 Å². The summed E-state index contributed by atoms with van der Waals surface area (Å²) in [4.78, 5) is 16.5. The van der Waals surface area contributed by atoms with E-state index in [2.05, 4.69) is 52.3 Å². The number of methoxy groups -OCH3 is 1. The lowest BCUT2D eigenvalue weighted by atomic mass is 10.1. The first-order valence-electron chi connectivity index (χ1n) is 10.3. The first-order chi connectivity index (χ1) is 15.3. The Balaban J connectivity index is 1.46. The Morgan fingerprint density at radius 1 is 1.03 bits per heavy atom. The van der Waals surface area contributed by atoms with Crippen molar-refractivity contribution < 1.29 is 9.47 Å². The van der Waals surface area contributed by atoms with Gasteiger partial charge in [0, 0.05) is 52.5 Å². The summed E-state index contributed by atoms with van der Waals surface area (Å²) in [5.41, 5.74) is 3.16. The van der Waals surface area contributed by atoms with E-state index in [1.54, 1.807) is 18.9 Å². The predicted molar refractivity (Wildman–Crippen MR) is 125 cm³/mol. The van der Waals surface area contributed by atoms with Crippen molar-refractivity contribution in [2.45, 2.75) is 10.6 Å². The number of nitrogens with zero attached hydrogens (tertiary/aromatic N) is 3. The Morgan fingerprint density at radius 3 is 2.68 bits per heavy atom. The van der Waals surface area contributed by atoms with Gasteiger partial charge in [0.15, 0.2) is 5.82 Å². The van der Waals surface area contributed by atoms with Gasteiger partial charge >= 0.3 is 0 Å². The topological polar surface area (TPSA) is 63.3 Å². The second-order valence-corrected chi connectivity index (χ2v) is 8.43. The third kappa shape index (κ3) is 4.52. The molecule has 1 aliphatic heterocycles. The number of benzene rings is 2. The number of aromatic amines is 1. The van der Waals surface area contributed by atoms with E-state index >= 15 is 0 Å². The van der Waals surface area contributed by atoms with Gasteiger partial charge in [-0.05, 0) is 48.5 Å². The summed E-state index contributed by atoms with van der Waals surface area (Å²) in [6.07, 6.45) is 1.95. The minimum absolute atomic E-state index is 0.727. The molecule has 1 aliphatic rings. The number of H-pyrrole nitrogens is 1. The lowest BCUT2D eigenvalue weighted by Crippen LogP contribution is -2.37. The van der Waals surface area contributed by atoms with Crippen LogP contribution in [-0.4, -0.2) is 48.4 Å². The zero-order valence-electron chi connectivity index (χ0n) is 17.4. The number of fused-ring (bicyclic) bond motifs is 1. The van der Waals surface area contributed by atoms with Crippen LogP contribution < -0.4 is 9.64 Å². The van der Waals surface area contributed by atoms with E-state index in [0.717, 1.165) is 71.6 Å². The molecule has 0 spiro atoms. The molecule has 2 aromatic carbocycles. The number of morpholine rings is 1. The molecule has 0 amide bonds. The van der Waals surface area contributed by atoms with Crippen molar-refractivity contribution in [3.05, 3.63) is 66.5 Å². The van der Waals surface area contributed by atoms with Gasteiger partial charge in [-0.1, -0.05) is 0 Å². The molecule has 31 heavy (non-hydrogen) atoms. The van der Waals surface area contributed by atoms with E-state index in [4.69, 9.17) is 19.4 Å². The van der Waals surface area contributed by atoms with Gasteiger partial charge in [-0.3, -0.25) is 0 Å². The minimum atomic E-state index is 0.727. The van der Waals surface area contributed by atoms with Gasteiger partial charge in [-0.25, -0.2) is 9.97 Å². The third-order valence-electron chi connectivity index (χ3n) is 5.36. The van der Waals surface area contributed by atoms with E-state index in [1.165, 1.54) is 4.90 Å². The van der Waals surface area contributed by atoms with E-state index in [1.807, 2.05) is 18.3 Å². The van der Waals surface area contributed by atoms with E-state index < -0.39 is 0 Å². The van der Waals surface area contributed by atoms with Gasteiger partial charge < -0.3 is 19.4 Å². The van der Waals surface area contributed by atoms with Crippen LogP contribution in [0.3, 0.4) is 0 Å². The van der Waals surface area contributed by atoms with E-state index in [9.17, 15) is 0 Å². The molecular formula is C24H24N4O2S. The SMILES string of the molecule is COc1ccc(SCc2cc(N3CCOCC3)nc(-c3ccc4[nH]ccc4c3)n2)cc1. The predicted octanol–water partition coefficient (Wildman–Crippen LogP) is 4.76. The molecule has 4 aromatic rings. The Bertz CT molecular complexity index is 1170. The highest BCUT2D eigenvalue weighted by atomic mass is 32.2. The number of rotatable bonds is 6. The van der Waals surface area contributed by atoms with Crippen molar-refractivity contribution in [2.24, 2.45) is 0 Å². The third-order valence-corrected chi connectivity index (χ3v) is 6.40. The van der Waals surface area contributed by atoms with Gasteiger partial charge in [-0.2, -0.15) is 0 Å². The van der Waals surface area contributed by atoms with E-state index in [-0.39, 0.29) is 0 Å². The summed E-state index contributed by atoms with van der Waals surface area (Å²) in [5, 5.41) is 1.16. The van der Waals surface area contributed by atoms with Crippen LogP contribution in [0.1, 0.15) is 5.69 Å². The van der Waals surface area contributed by atoms with Crippen molar-refractivity contribution in [1.29, 1.82) is 0 Å². The summed E-state index contributed by atoms with van der Waals surface area (Å²) in [6, 6.07) is 18.6. The smallest absolute Gasteiger partial charge is 0.161 e. The average molecular weight is 433 g/mol. The molecule has 3 heterocycles. The summed E-state index contributed by atoms with van der Waals surface area (Å²) in [7, 11) is 1.68. The summed E-state index contributed by atoms with van der Waals surface area (Å²) in [5.74, 6) is 3.36. The molecule has 0 aliphatic carbocycles. The van der Waals surface area contributed by atoms with Crippen LogP contribution in [0, 0.1) is 0 Å². The Morgan fingerprint density at radius 2 is 1.87 bits per heavy atom. The van der Waals surface area contributed by atoms with Gasteiger partial charge in [0.2, 0.25) is 0 Å². The molecule has 0 radical (unpaired) electrons. The first kappa shape index (κ1) is 19.9. The number of ether oxygens (including phenoxy) is 2. The fraction of sp³-hybridized carbons (Fsp3) is 0.250. The molecule has 158 valence electrons. The fourth-order valence-electron chi connectivity index (χ4n) is 3.66. The Labute approximate surface area is 185 Å². The van der Waals surface area contributed by atoms with Gasteiger partial charge in [-0.15, -0.1) is 11.8 Å². The monoisotopic (exact) mass is 432 g/mol. The molecule has 1 N–H and O–H groups in total. The zero-order valence-corrected chi connectivity index (χ0v) is 18.2. The first-order valence-corrected chi connectivity index (χ1v) is 11.3. The van der Waals surface area contributed by atoms with Gasteiger partial charge in [0.25, 0.3) is 0 Å². The molecule has 6 nitrogen and oxygen atoms in total. The van der Waals surface area contributed by atoms with Crippen molar-refractivity contribution in [2.75, 3.05) is 38.3 Å². The fourth-order valence-corrected chi connectivity index (χ4v) is 4.45. The zero-order chi connectivity index (χ0) is 21.0. The van der Waals surface area contributed by atoms with Crippen molar-refractivity contribution in [3.8, 4) is 17.1 Å². The van der Waals surface area contributed by atoms with Crippen molar-refractivity contribution in [1.82, 2.24) is 15.0 Å². The quantitative estimate of drug-likeness (QED) is 0.443. The Kier molecular flexibility index (Phi) is 5.78. The second-order valence-electron chi connectivity index (χ2n) is 7.38. The molecule has 0 unspecified atom stereocenters. The highest BCUT2D eigenvalue weighted by Crippen LogP contribution is 2.28. The van der Waals surface area contributed by atoms with Crippen molar-refractivity contribution >= 4 is 28.5 Å². The molecule has 2 aromatic heterocycles. The van der Waals surface area contributed by atoms with Crippen LogP contribution in [0.25, 0.3) is 22.3 Å². The molecule has 7 heteroatoms. The average Bonchev–Trinajstić information content (AvgIpc) is 3.31. The molecule has 0 saturated carbocycles. The van der Waals surface area contributed by atoms with Crippen LogP contribution in [0.5, 0.6) is 5.75 Å². The maximum Gasteiger partial charge on any atom is 0.161 e. The standard InChI is InChI=1S/C24H24N4O2S/c1-29-20-3-5-21(6-4-20)31-16-19-15-23(28-10-12-30-13-11-28)27-24(26-19)18-2-7-22-17(14-18)8-9-25-22/h2-9,14-15,25H,10-13,16H2,1H3. The maximum atomic E-state index is 5.53. The largest absolute Gasteiger partial charge is 0.497 e. The molecule has 5 rings (SSSR count). The van der Waals surface area contributed by atoms with Gasteiger partial charge in [0.1, 0.15) is 11.6 Å². The number of hydrogen-bond acceptors (Lipinski definition) is 6. The normalized spacial score (nSPS) is 14.2. The second kappa shape index (κ2) is 8.99.